The molecule has 140 valence electrons. The Kier molecular flexibility index (Phi) is 5.36. The van der Waals surface area contributed by atoms with Crippen LogP contribution >= 0.6 is 0 Å². The highest BCUT2D eigenvalue weighted by Gasteiger charge is 2.27. The highest BCUT2D eigenvalue weighted by molar-refractivity contribution is 5.18. The van der Waals surface area contributed by atoms with Crippen molar-refractivity contribution in [1.29, 1.82) is 0 Å². The number of imidazole rings is 1. The summed E-state index contributed by atoms with van der Waals surface area (Å²) in [6.07, 6.45) is 8.99. The van der Waals surface area contributed by atoms with Crippen molar-refractivity contribution in [3.8, 4) is 0 Å². The van der Waals surface area contributed by atoms with Gasteiger partial charge in [-0.25, -0.2) is 4.98 Å². The largest absolute Gasteiger partial charge is 0.381 e. The topological polar surface area (TPSA) is 43.2 Å². The first kappa shape index (κ1) is 17.7. The Balaban J connectivity index is 1.35. The summed E-state index contributed by atoms with van der Waals surface area (Å²) in [6.45, 7) is 9.08. The van der Waals surface area contributed by atoms with Gasteiger partial charge in [0.25, 0.3) is 0 Å². The fourth-order valence-electron chi connectivity index (χ4n) is 3.98. The zero-order valence-electron chi connectivity index (χ0n) is 16.0. The second-order valence-electron chi connectivity index (χ2n) is 7.79. The molecule has 1 saturated carbocycles. The van der Waals surface area contributed by atoms with Crippen molar-refractivity contribution < 1.29 is 4.74 Å². The van der Waals surface area contributed by atoms with Gasteiger partial charge in [0, 0.05) is 50.7 Å². The van der Waals surface area contributed by atoms with Crippen molar-refractivity contribution in [2.24, 2.45) is 5.92 Å². The van der Waals surface area contributed by atoms with E-state index in [1.165, 1.54) is 42.0 Å². The maximum atomic E-state index is 5.88. The van der Waals surface area contributed by atoms with Crippen LogP contribution in [0.2, 0.25) is 0 Å². The molecule has 0 amide bonds. The predicted molar refractivity (Wildman–Crippen MR) is 102 cm³/mol. The van der Waals surface area contributed by atoms with Gasteiger partial charge in [0.05, 0.1) is 18.3 Å². The Bertz CT molecular complexity index is 737. The molecular formula is C21H30N4O. The van der Waals surface area contributed by atoms with Gasteiger partial charge in [-0.15, -0.1) is 0 Å². The Morgan fingerprint density at radius 2 is 2.12 bits per heavy atom. The number of aryl methyl sites for hydroxylation is 1. The third-order valence-corrected chi connectivity index (χ3v) is 6.05. The lowest BCUT2D eigenvalue weighted by Gasteiger charge is -2.34. The highest BCUT2D eigenvalue weighted by atomic mass is 16.5. The standard InChI is InChI=1S/C21H30N4O/c1-16-5-4-9-22-20(16)14-24-10-11-25-19(13-23-21(25)17(24)2)8-12-26-15-18-6-3-7-18/h4-5,9,13,17-18H,3,6-8,10-12,14-15H2,1-2H3/t17-/m0/s1. The maximum Gasteiger partial charge on any atom is 0.126 e. The average Bonchev–Trinajstić information content (AvgIpc) is 3.01. The Morgan fingerprint density at radius 3 is 2.88 bits per heavy atom. The van der Waals surface area contributed by atoms with Crippen LogP contribution in [0.4, 0.5) is 0 Å². The molecule has 5 nitrogen and oxygen atoms in total. The Morgan fingerprint density at radius 1 is 1.23 bits per heavy atom. The summed E-state index contributed by atoms with van der Waals surface area (Å²) in [5.74, 6) is 2.00. The summed E-state index contributed by atoms with van der Waals surface area (Å²) in [5.41, 5.74) is 3.75. The molecule has 1 aliphatic carbocycles. The van der Waals surface area contributed by atoms with Crippen LogP contribution in [0.25, 0.3) is 0 Å². The van der Waals surface area contributed by atoms with Gasteiger partial charge in [-0.2, -0.15) is 0 Å². The normalized spacial score (nSPS) is 20.8. The van der Waals surface area contributed by atoms with Crippen molar-refractivity contribution in [3.05, 3.63) is 47.3 Å². The summed E-state index contributed by atoms with van der Waals surface area (Å²) < 4.78 is 8.28. The molecule has 4 rings (SSSR count). The highest BCUT2D eigenvalue weighted by Crippen LogP contribution is 2.28. The molecule has 0 bridgehead atoms. The number of aromatic nitrogens is 3. The summed E-state index contributed by atoms with van der Waals surface area (Å²) >= 11 is 0. The molecule has 3 heterocycles. The van der Waals surface area contributed by atoms with Crippen LogP contribution in [0.5, 0.6) is 0 Å². The van der Waals surface area contributed by atoms with Gasteiger partial charge >= 0.3 is 0 Å². The maximum absolute atomic E-state index is 5.88. The first-order valence-corrected chi connectivity index (χ1v) is 9.99. The summed E-state index contributed by atoms with van der Waals surface area (Å²) in [5, 5.41) is 0. The fourth-order valence-corrected chi connectivity index (χ4v) is 3.98. The van der Waals surface area contributed by atoms with Crippen LogP contribution < -0.4 is 0 Å². The average molecular weight is 354 g/mol. The third-order valence-electron chi connectivity index (χ3n) is 6.05. The number of pyridine rings is 1. The SMILES string of the molecule is Cc1cccnc1CN1CCn2c(CCOCC3CCC3)cnc2[C@@H]1C. The molecule has 5 heteroatoms. The van der Waals surface area contributed by atoms with Gasteiger partial charge in [0.15, 0.2) is 0 Å². The molecule has 26 heavy (non-hydrogen) atoms. The van der Waals surface area contributed by atoms with E-state index in [-0.39, 0.29) is 0 Å². The van der Waals surface area contributed by atoms with E-state index in [9.17, 15) is 0 Å². The van der Waals surface area contributed by atoms with Gasteiger partial charge in [-0.05, 0) is 44.2 Å². The van der Waals surface area contributed by atoms with Crippen LogP contribution in [0.15, 0.2) is 24.5 Å². The molecule has 1 atom stereocenters. The first-order chi connectivity index (χ1) is 12.7. The minimum Gasteiger partial charge on any atom is -0.381 e. The van der Waals surface area contributed by atoms with Gasteiger partial charge in [-0.1, -0.05) is 12.5 Å². The molecule has 0 spiro atoms. The molecule has 0 N–H and O–H groups in total. The smallest absolute Gasteiger partial charge is 0.126 e. The minimum atomic E-state index is 0.315. The molecule has 0 unspecified atom stereocenters. The number of fused-ring (bicyclic) bond motifs is 1. The second kappa shape index (κ2) is 7.89. The molecule has 2 aromatic heterocycles. The number of ether oxygens (including phenoxy) is 1. The van der Waals surface area contributed by atoms with Crippen molar-refractivity contribution in [3.63, 3.8) is 0 Å². The van der Waals surface area contributed by atoms with E-state index in [1.54, 1.807) is 0 Å². The van der Waals surface area contributed by atoms with Crippen LogP contribution in [0.3, 0.4) is 0 Å². The lowest BCUT2D eigenvalue weighted by Crippen LogP contribution is -2.37. The molecule has 1 fully saturated rings. The number of hydrogen-bond acceptors (Lipinski definition) is 4. The molecule has 0 aromatic carbocycles. The number of hydrogen-bond donors (Lipinski definition) is 0. The van der Waals surface area contributed by atoms with E-state index in [1.807, 2.05) is 18.5 Å². The molecule has 2 aliphatic rings. The zero-order valence-corrected chi connectivity index (χ0v) is 16.0. The quantitative estimate of drug-likeness (QED) is 0.714. The molecular weight excluding hydrogens is 324 g/mol. The zero-order chi connectivity index (χ0) is 17.9. The monoisotopic (exact) mass is 354 g/mol. The second-order valence-corrected chi connectivity index (χ2v) is 7.79. The van der Waals surface area contributed by atoms with E-state index in [0.717, 1.165) is 45.2 Å². The number of rotatable bonds is 7. The van der Waals surface area contributed by atoms with E-state index in [2.05, 4.69) is 34.4 Å². The van der Waals surface area contributed by atoms with Crippen molar-refractivity contribution >= 4 is 0 Å². The minimum absolute atomic E-state index is 0.315. The van der Waals surface area contributed by atoms with Gasteiger partial charge in [-0.3, -0.25) is 9.88 Å². The summed E-state index contributed by atoms with van der Waals surface area (Å²) in [6, 6.07) is 4.46. The van der Waals surface area contributed by atoms with Crippen LogP contribution in [-0.2, 0) is 24.2 Å². The van der Waals surface area contributed by atoms with Crippen LogP contribution in [-0.4, -0.2) is 39.2 Å². The van der Waals surface area contributed by atoms with E-state index < -0.39 is 0 Å². The van der Waals surface area contributed by atoms with Crippen molar-refractivity contribution in [2.45, 2.75) is 58.7 Å². The molecule has 1 aliphatic heterocycles. The lowest BCUT2D eigenvalue weighted by atomic mass is 9.86. The molecule has 0 saturated heterocycles. The number of nitrogens with zero attached hydrogens (tertiary/aromatic N) is 4. The lowest BCUT2D eigenvalue weighted by molar-refractivity contribution is 0.0711. The molecule has 2 aromatic rings. The Labute approximate surface area is 156 Å². The van der Waals surface area contributed by atoms with Crippen molar-refractivity contribution in [1.82, 2.24) is 19.4 Å². The van der Waals surface area contributed by atoms with E-state index in [4.69, 9.17) is 9.72 Å². The Hall–Kier alpha value is -1.72. The van der Waals surface area contributed by atoms with Crippen molar-refractivity contribution in [2.75, 3.05) is 19.8 Å². The van der Waals surface area contributed by atoms with E-state index in [0.29, 0.717) is 6.04 Å². The van der Waals surface area contributed by atoms with Crippen LogP contribution in [0.1, 0.15) is 55.0 Å². The van der Waals surface area contributed by atoms with Gasteiger partial charge in [0.2, 0.25) is 0 Å². The van der Waals surface area contributed by atoms with Gasteiger partial charge in [0.1, 0.15) is 5.82 Å². The van der Waals surface area contributed by atoms with E-state index >= 15 is 0 Å². The molecule has 0 radical (unpaired) electrons. The summed E-state index contributed by atoms with van der Waals surface area (Å²) in [4.78, 5) is 11.8. The first-order valence-electron chi connectivity index (χ1n) is 9.99. The summed E-state index contributed by atoms with van der Waals surface area (Å²) in [7, 11) is 0. The fraction of sp³-hybridized carbons (Fsp3) is 0.619. The predicted octanol–water partition coefficient (Wildman–Crippen LogP) is 3.52. The third kappa shape index (κ3) is 3.69. The van der Waals surface area contributed by atoms with Gasteiger partial charge < -0.3 is 9.30 Å². The van der Waals surface area contributed by atoms with Crippen LogP contribution in [0, 0.1) is 12.8 Å².